The van der Waals surface area contributed by atoms with Crippen LogP contribution in [0.3, 0.4) is 0 Å². The van der Waals surface area contributed by atoms with Crippen LogP contribution < -0.4 is 0 Å². The molecule has 5 heteroatoms. The van der Waals surface area contributed by atoms with E-state index in [9.17, 15) is 13.2 Å². The normalized spacial score (nSPS) is 11.5. The van der Waals surface area contributed by atoms with Crippen molar-refractivity contribution in [2.75, 3.05) is 7.05 Å². The Kier molecular flexibility index (Phi) is 4.84. The molecule has 0 aromatic heterocycles. The highest BCUT2D eigenvalue weighted by Crippen LogP contribution is 2.29. The van der Waals surface area contributed by atoms with E-state index in [-0.39, 0.29) is 0 Å². The molecule has 0 heterocycles. The number of nitriles is 1. The quantitative estimate of drug-likeness (QED) is 0.846. The molecule has 2 aromatic rings. The van der Waals surface area contributed by atoms with Gasteiger partial charge in [0.15, 0.2) is 0 Å². The Bertz CT molecular complexity index is 687. The van der Waals surface area contributed by atoms with Gasteiger partial charge in [-0.25, -0.2) is 0 Å². The highest BCUT2D eigenvalue weighted by Gasteiger charge is 2.30. The zero-order valence-electron chi connectivity index (χ0n) is 12.1. The van der Waals surface area contributed by atoms with Gasteiger partial charge in [-0.1, -0.05) is 36.4 Å². The SMILES string of the molecule is CN(Cc1cccc(C(F)(F)F)c1)Cc1ccccc1C#N. The maximum atomic E-state index is 12.7. The summed E-state index contributed by atoms with van der Waals surface area (Å²) in [5.41, 5.74) is 1.39. The maximum absolute atomic E-state index is 12.7. The standard InChI is InChI=1S/C17H15F3N2/c1-22(12-15-7-3-2-6-14(15)10-21)11-13-5-4-8-16(9-13)17(18,19)20/h2-9H,11-12H2,1H3. The molecule has 0 amide bonds. The molecule has 0 saturated heterocycles. The van der Waals surface area contributed by atoms with E-state index in [0.717, 1.165) is 17.7 Å². The summed E-state index contributed by atoms with van der Waals surface area (Å²) < 4.78 is 38.1. The van der Waals surface area contributed by atoms with Crippen molar-refractivity contribution in [3.8, 4) is 6.07 Å². The molecule has 2 aromatic carbocycles. The molecule has 0 fully saturated rings. The highest BCUT2D eigenvalue weighted by molar-refractivity contribution is 5.37. The summed E-state index contributed by atoms with van der Waals surface area (Å²) in [4.78, 5) is 1.88. The lowest BCUT2D eigenvalue weighted by molar-refractivity contribution is -0.137. The Morgan fingerprint density at radius 1 is 1.05 bits per heavy atom. The average molecular weight is 304 g/mol. The van der Waals surface area contributed by atoms with E-state index in [1.807, 2.05) is 24.1 Å². The minimum Gasteiger partial charge on any atom is -0.298 e. The molecule has 0 unspecified atom stereocenters. The number of rotatable bonds is 4. The van der Waals surface area contributed by atoms with Crippen molar-refractivity contribution in [3.63, 3.8) is 0 Å². The van der Waals surface area contributed by atoms with Gasteiger partial charge < -0.3 is 0 Å². The summed E-state index contributed by atoms with van der Waals surface area (Å²) in [5, 5.41) is 9.05. The van der Waals surface area contributed by atoms with E-state index >= 15 is 0 Å². The predicted octanol–water partition coefficient (Wildman–Crippen LogP) is 4.21. The van der Waals surface area contributed by atoms with Crippen LogP contribution in [0.15, 0.2) is 48.5 Å². The van der Waals surface area contributed by atoms with Crippen LogP contribution in [0.4, 0.5) is 13.2 Å². The molecule has 0 radical (unpaired) electrons. The third kappa shape index (κ3) is 4.09. The Morgan fingerprint density at radius 3 is 2.45 bits per heavy atom. The van der Waals surface area contributed by atoms with E-state index in [0.29, 0.717) is 24.2 Å². The van der Waals surface area contributed by atoms with Crippen LogP contribution >= 0.6 is 0 Å². The lowest BCUT2D eigenvalue weighted by atomic mass is 10.1. The fourth-order valence-corrected chi connectivity index (χ4v) is 2.27. The van der Waals surface area contributed by atoms with Gasteiger partial charge in [-0.05, 0) is 30.3 Å². The molecule has 0 saturated carbocycles. The number of benzene rings is 2. The molecule has 2 rings (SSSR count). The van der Waals surface area contributed by atoms with Gasteiger partial charge in [0.25, 0.3) is 0 Å². The van der Waals surface area contributed by atoms with Crippen LogP contribution in [0.2, 0.25) is 0 Å². The fraction of sp³-hybridized carbons (Fsp3) is 0.235. The lowest BCUT2D eigenvalue weighted by Gasteiger charge is -2.18. The second-order valence-electron chi connectivity index (χ2n) is 5.14. The topological polar surface area (TPSA) is 27.0 Å². The molecule has 0 aliphatic carbocycles. The van der Waals surface area contributed by atoms with Crippen molar-refractivity contribution in [2.45, 2.75) is 19.3 Å². The first-order valence-electron chi connectivity index (χ1n) is 6.73. The van der Waals surface area contributed by atoms with Gasteiger partial charge in [0.05, 0.1) is 17.2 Å². The second kappa shape index (κ2) is 6.63. The summed E-state index contributed by atoms with van der Waals surface area (Å²) in [6, 6.07) is 14.6. The van der Waals surface area contributed by atoms with E-state index < -0.39 is 11.7 Å². The minimum atomic E-state index is -4.33. The van der Waals surface area contributed by atoms with Gasteiger partial charge in [0.1, 0.15) is 0 Å². The molecule has 0 aliphatic heterocycles. The first-order valence-corrected chi connectivity index (χ1v) is 6.73. The summed E-state index contributed by atoms with van der Waals surface area (Å²) in [6.07, 6.45) is -4.33. The molecule has 0 aliphatic rings. The van der Waals surface area contributed by atoms with E-state index in [4.69, 9.17) is 5.26 Å². The predicted molar refractivity (Wildman–Crippen MR) is 77.8 cm³/mol. The number of halogens is 3. The Morgan fingerprint density at radius 2 is 1.77 bits per heavy atom. The molecular weight excluding hydrogens is 289 g/mol. The first-order chi connectivity index (χ1) is 10.4. The maximum Gasteiger partial charge on any atom is 0.416 e. The third-order valence-electron chi connectivity index (χ3n) is 3.28. The van der Waals surface area contributed by atoms with E-state index in [1.165, 1.54) is 6.07 Å². The van der Waals surface area contributed by atoms with E-state index in [2.05, 4.69) is 6.07 Å². The van der Waals surface area contributed by atoms with Crippen LogP contribution in [-0.4, -0.2) is 11.9 Å². The van der Waals surface area contributed by atoms with Crippen molar-refractivity contribution in [1.82, 2.24) is 4.90 Å². The molecule has 22 heavy (non-hydrogen) atoms. The fourth-order valence-electron chi connectivity index (χ4n) is 2.27. The van der Waals surface area contributed by atoms with Crippen molar-refractivity contribution in [2.24, 2.45) is 0 Å². The third-order valence-corrected chi connectivity index (χ3v) is 3.28. The molecule has 2 nitrogen and oxygen atoms in total. The Hall–Kier alpha value is -2.32. The Balaban J connectivity index is 2.10. The number of hydrogen-bond acceptors (Lipinski definition) is 2. The zero-order valence-corrected chi connectivity index (χ0v) is 12.1. The number of alkyl halides is 3. The van der Waals surface area contributed by atoms with Crippen LogP contribution in [-0.2, 0) is 19.3 Å². The summed E-state index contributed by atoms with van der Waals surface area (Å²) in [5.74, 6) is 0. The van der Waals surface area contributed by atoms with Crippen LogP contribution in [0.1, 0.15) is 22.3 Å². The summed E-state index contributed by atoms with van der Waals surface area (Å²) >= 11 is 0. The van der Waals surface area contributed by atoms with Crippen molar-refractivity contribution < 1.29 is 13.2 Å². The van der Waals surface area contributed by atoms with E-state index in [1.54, 1.807) is 18.2 Å². The number of nitrogens with zero attached hydrogens (tertiary/aromatic N) is 2. The van der Waals surface area contributed by atoms with Gasteiger partial charge in [-0.3, -0.25) is 4.90 Å². The largest absolute Gasteiger partial charge is 0.416 e. The van der Waals surface area contributed by atoms with Gasteiger partial charge in [-0.2, -0.15) is 18.4 Å². The van der Waals surface area contributed by atoms with Crippen LogP contribution in [0, 0.1) is 11.3 Å². The second-order valence-corrected chi connectivity index (χ2v) is 5.14. The minimum absolute atomic E-state index is 0.379. The van der Waals surface area contributed by atoms with Crippen LogP contribution in [0.25, 0.3) is 0 Å². The number of hydrogen-bond donors (Lipinski definition) is 0. The van der Waals surface area contributed by atoms with Crippen molar-refractivity contribution in [1.29, 1.82) is 5.26 Å². The molecule has 114 valence electrons. The van der Waals surface area contributed by atoms with Gasteiger partial charge in [0, 0.05) is 13.1 Å². The highest BCUT2D eigenvalue weighted by atomic mass is 19.4. The molecule has 0 atom stereocenters. The molecule has 0 N–H and O–H groups in total. The smallest absolute Gasteiger partial charge is 0.298 e. The van der Waals surface area contributed by atoms with Gasteiger partial charge >= 0.3 is 6.18 Å². The molecule has 0 spiro atoms. The van der Waals surface area contributed by atoms with Crippen molar-refractivity contribution in [3.05, 3.63) is 70.8 Å². The summed E-state index contributed by atoms with van der Waals surface area (Å²) in [7, 11) is 1.81. The van der Waals surface area contributed by atoms with Gasteiger partial charge in [-0.15, -0.1) is 0 Å². The Labute approximate surface area is 127 Å². The molecular formula is C17H15F3N2. The van der Waals surface area contributed by atoms with Gasteiger partial charge in [0.2, 0.25) is 0 Å². The van der Waals surface area contributed by atoms with Crippen molar-refractivity contribution >= 4 is 0 Å². The molecule has 0 bridgehead atoms. The zero-order chi connectivity index (χ0) is 16.2. The summed E-state index contributed by atoms with van der Waals surface area (Å²) in [6.45, 7) is 0.879. The monoisotopic (exact) mass is 304 g/mol. The average Bonchev–Trinajstić information content (AvgIpc) is 2.47. The first kappa shape index (κ1) is 16.1. The van der Waals surface area contributed by atoms with Crippen LogP contribution in [0.5, 0.6) is 0 Å². The lowest BCUT2D eigenvalue weighted by Crippen LogP contribution is -2.18.